The average Bonchev–Trinajstić information content (AvgIpc) is 2.83. The minimum Gasteiger partial charge on any atom is -0.319 e. The van der Waals surface area contributed by atoms with E-state index in [2.05, 4.69) is 15.3 Å². The van der Waals surface area contributed by atoms with Crippen LogP contribution < -0.4 is 5.73 Å². The molecular weight excluding hydrogens is 222 g/mol. The molecule has 0 radical (unpaired) electrons. The molecule has 2 aromatic rings. The molecule has 0 unspecified atom stereocenters. The minimum absolute atomic E-state index is 0.226. The van der Waals surface area contributed by atoms with Crippen LogP contribution in [0.25, 0.3) is 4.96 Å². The molecule has 1 saturated carbocycles. The Morgan fingerprint density at radius 1 is 1.25 bits per heavy atom. The van der Waals surface area contributed by atoms with Gasteiger partial charge in [-0.15, -0.1) is 10.2 Å². The number of hydrogen-bond donors (Lipinski definition) is 1. The molecular formula is C10H15N5S. The molecule has 86 valence electrons. The lowest BCUT2D eigenvalue weighted by Crippen LogP contribution is -2.38. The van der Waals surface area contributed by atoms with E-state index in [0.29, 0.717) is 0 Å². The fourth-order valence-electron chi connectivity index (χ4n) is 2.31. The summed E-state index contributed by atoms with van der Waals surface area (Å²) in [4.78, 5) is 0.850. The van der Waals surface area contributed by atoms with Gasteiger partial charge in [-0.3, -0.25) is 0 Å². The van der Waals surface area contributed by atoms with Crippen LogP contribution >= 0.6 is 11.3 Å². The Labute approximate surface area is 97.7 Å². The number of nitrogens with two attached hydrogens (primary N) is 1. The van der Waals surface area contributed by atoms with Crippen molar-refractivity contribution in [2.24, 2.45) is 5.73 Å². The van der Waals surface area contributed by atoms with Crippen LogP contribution in [-0.2, 0) is 5.54 Å². The molecule has 16 heavy (non-hydrogen) atoms. The number of fused-ring (bicyclic) bond motifs is 1. The number of aryl methyl sites for hydroxylation is 1. The number of hydrogen-bond acceptors (Lipinski definition) is 5. The first-order valence-corrected chi connectivity index (χ1v) is 6.49. The Hall–Kier alpha value is -1.01. The number of nitrogens with zero attached hydrogens (tertiary/aromatic N) is 4. The van der Waals surface area contributed by atoms with E-state index in [1.807, 2.05) is 6.92 Å². The van der Waals surface area contributed by atoms with E-state index in [1.54, 1.807) is 15.9 Å². The first-order chi connectivity index (χ1) is 7.69. The van der Waals surface area contributed by atoms with Gasteiger partial charge in [0.2, 0.25) is 4.96 Å². The molecule has 0 amide bonds. The maximum atomic E-state index is 6.44. The molecule has 3 rings (SSSR count). The standard InChI is InChI=1S/C10H15N5S/c1-7-12-13-9-15(7)14-8(16-9)10(11)5-3-2-4-6-10/h2-6,11H2,1H3. The second-order valence-electron chi connectivity index (χ2n) is 4.57. The SMILES string of the molecule is Cc1nnc2sc(C3(N)CCCCC3)nn12. The molecule has 0 aromatic carbocycles. The zero-order chi connectivity index (χ0) is 11.2. The monoisotopic (exact) mass is 237 g/mol. The molecule has 5 nitrogen and oxygen atoms in total. The third-order valence-corrected chi connectivity index (χ3v) is 4.44. The van der Waals surface area contributed by atoms with Crippen molar-refractivity contribution in [3.63, 3.8) is 0 Å². The zero-order valence-corrected chi connectivity index (χ0v) is 10.1. The zero-order valence-electron chi connectivity index (χ0n) is 9.31. The van der Waals surface area contributed by atoms with Gasteiger partial charge in [-0.2, -0.15) is 9.61 Å². The molecule has 0 aliphatic heterocycles. The maximum Gasteiger partial charge on any atom is 0.234 e. The van der Waals surface area contributed by atoms with Crippen molar-refractivity contribution >= 4 is 16.3 Å². The van der Waals surface area contributed by atoms with E-state index in [-0.39, 0.29) is 5.54 Å². The topological polar surface area (TPSA) is 69.1 Å². The Morgan fingerprint density at radius 2 is 2.00 bits per heavy atom. The molecule has 1 aliphatic carbocycles. The van der Waals surface area contributed by atoms with Gasteiger partial charge in [0.05, 0.1) is 5.54 Å². The van der Waals surface area contributed by atoms with E-state index >= 15 is 0 Å². The Kier molecular flexibility index (Phi) is 2.22. The summed E-state index contributed by atoms with van der Waals surface area (Å²) in [5, 5.41) is 13.6. The fraction of sp³-hybridized carbons (Fsp3) is 0.700. The minimum atomic E-state index is -0.226. The van der Waals surface area contributed by atoms with Crippen LogP contribution in [-0.4, -0.2) is 19.8 Å². The largest absolute Gasteiger partial charge is 0.319 e. The summed E-state index contributed by atoms with van der Waals surface area (Å²) in [7, 11) is 0. The van der Waals surface area contributed by atoms with Crippen LogP contribution in [0.5, 0.6) is 0 Å². The van der Waals surface area contributed by atoms with Crippen molar-refractivity contribution in [1.82, 2.24) is 19.8 Å². The molecule has 0 saturated heterocycles. The van der Waals surface area contributed by atoms with Gasteiger partial charge in [-0.25, -0.2) is 0 Å². The van der Waals surface area contributed by atoms with Crippen LogP contribution in [0.15, 0.2) is 0 Å². The van der Waals surface area contributed by atoms with Crippen LogP contribution in [0.2, 0.25) is 0 Å². The van der Waals surface area contributed by atoms with Crippen LogP contribution in [0.4, 0.5) is 0 Å². The van der Waals surface area contributed by atoms with E-state index in [0.717, 1.165) is 28.6 Å². The molecule has 6 heteroatoms. The summed E-state index contributed by atoms with van der Waals surface area (Å²) in [6.07, 6.45) is 5.78. The van der Waals surface area contributed by atoms with Crippen molar-refractivity contribution in [1.29, 1.82) is 0 Å². The van der Waals surface area contributed by atoms with E-state index < -0.39 is 0 Å². The van der Waals surface area contributed by atoms with Crippen molar-refractivity contribution < 1.29 is 0 Å². The Morgan fingerprint density at radius 3 is 2.69 bits per heavy atom. The predicted molar refractivity (Wildman–Crippen MR) is 62.3 cm³/mol. The van der Waals surface area contributed by atoms with Gasteiger partial charge in [0.1, 0.15) is 5.01 Å². The van der Waals surface area contributed by atoms with Gasteiger partial charge < -0.3 is 5.73 Å². The summed E-state index contributed by atoms with van der Waals surface area (Å²) in [6.45, 7) is 1.91. The molecule has 2 N–H and O–H groups in total. The molecule has 2 heterocycles. The maximum absolute atomic E-state index is 6.44. The van der Waals surface area contributed by atoms with Crippen molar-refractivity contribution in [3.05, 3.63) is 10.8 Å². The smallest absolute Gasteiger partial charge is 0.234 e. The van der Waals surface area contributed by atoms with Gasteiger partial charge in [-0.05, 0) is 19.8 Å². The quantitative estimate of drug-likeness (QED) is 0.818. The predicted octanol–water partition coefficient (Wildman–Crippen LogP) is 1.61. The molecule has 0 atom stereocenters. The molecule has 1 fully saturated rings. The molecule has 0 spiro atoms. The summed E-state index contributed by atoms with van der Waals surface area (Å²) in [6, 6.07) is 0. The lowest BCUT2D eigenvalue weighted by atomic mass is 9.83. The van der Waals surface area contributed by atoms with Gasteiger partial charge in [-0.1, -0.05) is 30.6 Å². The summed E-state index contributed by atoms with van der Waals surface area (Å²) < 4.78 is 1.79. The number of aromatic nitrogens is 4. The highest BCUT2D eigenvalue weighted by molar-refractivity contribution is 7.16. The first-order valence-electron chi connectivity index (χ1n) is 5.67. The Balaban J connectivity index is 2.04. The second-order valence-corrected chi connectivity index (χ2v) is 5.52. The van der Waals surface area contributed by atoms with Crippen LogP contribution in [0, 0.1) is 6.92 Å². The van der Waals surface area contributed by atoms with E-state index in [4.69, 9.17) is 5.73 Å². The van der Waals surface area contributed by atoms with Gasteiger partial charge in [0.15, 0.2) is 5.82 Å². The van der Waals surface area contributed by atoms with Gasteiger partial charge >= 0.3 is 0 Å². The highest BCUT2D eigenvalue weighted by atomic mass is 32.1. The van der Waals surface area contributed by atoms with Gasteiger partial charge in [0.25, 0.3) is 0 Å². The first kappa shape index (κ1) is 10.2. The molecule has 2 aromatic heterocycles. The van der Waals surface area contributed by atoms with E-state index in [1.165, 1.54) is 19.3 Å². The van der Waals surface area contributed by atoms with Crippen LogP contribution in [0.3, 0.4) is 0 Å². The third-order valence-electron chi connectivity index (χ3n) is 3.32. The lowest BCUT2D eigenvalue weighted by molar-refractivity contribution is 0.299. The molecule has 0 bridgehead atoms. The van der Waals surface area contributed by atoms with Crippen molar-refractivity contribution in [3.8, 4) is 0 Å². The third kappa shape index (κ3) is 1.44. The second kappa shape index (κ2) is 3.49. The average molecular weight is 237 g/mol. The summed E-state index contributed by atoms with van der Waals surface area (Å²) in [5.74, 6) is 0.830. The highest BCUT2D eigenvalue weighted by Gasteiger charge is 2.33. The normalized spacial score (nSPS) is 20.4. The summed E-state index contributed by atoms with van der Waals surface area (Å²) >= 11 is 1.58. The number of rotatable bonds is 1. The van der Waals surface area contributed by atoms with Gasteiger partial charge in [0, 0.05) is 0 Å². The lowest BCUT2D eigenvalue weighted by Gasteiger charge is -2.30. The Bertz CT molecular complexity index is 508. The molecule has 1 aliphatic rings. The van der Waals surface area contributed by atoms with E-state index in [9.17, 15) is 0 Å². The van der Waals surface area contributed by atoms with Crippen molar-refractivity contribution in [2.45, 2.75) is 44.6 Å². The fourth-order valence-corrected chi connectivity index (χ4v) is 3.36. The van der Waals surface area contributed by atoms with Crippen molar-refractivity contribution in [2.75, 3.05) is 0 Å². The summed E-state index contributed by atoms with van der Waals surface area (Å²) in [5.41, 5.74) is 6.21. The van der Waals surface area contributed by atoms with Crippen LogP contribution in [0.1, 0.15) is 42.9 Å². The highest BCUT2D eigenvalue weighted by Crippen LogP contribution is 2.36.